The van der Waals surface area contributed by atoms with Crippen LogP contribution < -0.4 is 5.32 Å². The summed E-state index contributed by atoms with van der Waals surface area (Å²) >= 11 is 5.61. The number of carbonyl (C=O) groups is 1. The summed E-state index contributed by atoms with van der Waals surface area (Å²) in [6.07, 6.45) is 0.680. The van der Waals surface area contributed by atoms with E-state index in [1.807, 2.05) is 6.92 Å². The van der Waals surface area contributed by atoms with E-state index in [1.165, 1.54) is 12.1 Å². The number of hydrogen-bond acceptors (Lipinski definition) is 3. The molecular formula is C15H15ClFNO3. The van der Waals surface area contributed by atoms with Crippen molar-refractivity contribution >= 4 is 17.5 Å². The molecular weight excluding hydrogens is 297 g/mol. The molecule has 0 aliphatic carbocycles. The van der Waals surface area contributed by atoms with Crippen LogP contribution in [0.25, 0.3) is 0 Å². The second-order valence-electron chi connectivity index (χ2n) is 4.50. The number of furan rings is 1. The highest BCUT2D eigenvalue weighted by Gasteiger charge is 2.18. The Morgan fingerprint density at radius 2 is 2.19 bits per heavy atom. The van der Waals surface area contributed by atoms with E-state index in [9.17, 15) is 14.3 Å². The molecule has 0 fully saturated rings. The lowest BCUT2D eigenvalue weighted by Gasteiger charge is -2.16. The molecule has 6 heteroatoms. The first-order valence-corrected chi connectivity index (χ1v) is 6.88. The predicted octanol–water partition coefficient (Wildman–Crippen LogP) is 3.10. The van der Waals surface area contributed by atoms with E-state index in [4.69, 9.17) is 16.0 Å². The van der Waals surface area contributed by atoms with Crippen molar-refractivity contribution in [1.82, 2.24) is 5.32 Å². The molecule has 0 aliphatic heterocycles. The minimum absolute atomic E-state index is 0.0135. The van der Waals surface area contributed by atoms with Crippen LogP contribution in [0.2, 0.25) is 5.02 Å². The van der Waals surface area contributed by atoms with Gasteiger partial charge < -0.3 is 14.8 Å². The van der Waals surface area contributed by atoms with E-state index in [1.54, 1.807) is 18.2 Å². The largest absolute Gasteiger partial charge is 0.456 e. The van der Waals surface area contributed by atoms with Gasteiger partial charge in [-0.15, -0.1) is 0 Å². The van der Waals surface area contributed by atoms with Crippen molar-refractivity contribution in [2.24, 2.45) is 0 Å². The van der Waals surface area contributed by atoms with Gasteiger partial charge >= 0.3 is 0 Å². The molecule has 1 aromatic heterocycles. The molecule has 0 spiro atoms. The number of rotatable bonds is 5. The highest BCUT2D eigenvalue weighted by atomic mass is 35.5. The molecule has 2 aromatic rings. The van der Waals surface area contributed by atoms with Crippen LogP contribution in [-0.4, -0.2) is 17.6 Å². The second kappa shape index (κ2) is 6.74. The summed E-state index contributed by atoms with van der Waals surface area (Å²) in [6.45, 7) is 1.54. The smallest absolute Gasteiger partial charge is 0.287 e. The Labute approximate surface area is 126 Å². The van der Waals surface area contributed by atoms with Gasteiger partial charge in [0.1, 0.15) is 11.6 Å². The number of aryl methyl sites for hydroxylation is 1. The quantitative estimate of drug-likeness (QED) is 0.892. The SMILES string of the molecule is CCc1ccc(C(=O)NC(CO)c2ccc(Cl)c(F)c2)o1. The van der Waals surface area contributed by atoms with Gasteiger partial charge in [0, 0.05) is 6.42 Å². The number of halogens is 2. The van der Waals surface area contributed by atoms with Crippen LogP contribution in [0.5, 0.6) is 0 Å². The number of carbonyl (C=O) groups excluding carboxylic acids is 1. The third kappa shape index (κ3) is 3.62. The molecule has 0 aliphatic rings. The number of nitrogens with one attached hydrogen (secondary N) is 1. The number of hydrogen-bond donors (Lipinski definition) is 2. The minimum atomic E-state index is -0.737. The summed E-state index contributed by atoms with van der Waals surface area (Å²) in [5.74, 6) is -0.227. The highest BCUT2D eigenvalue weighted by molar-refractivity contribution is 6.30. The first kappa shape index (κ1) is 15.5. The lowest BCUT2D eigenvalue weighted by Crippen LogP contribution is -2.30. The average Bonchev–Trinajstić information content (AvgIpc) is 2.96. The molecule has 1 amide bonds. The molecule has 2 N–H and O–H groups in total. The highest BCUT2D eigenvalue weighted by Crippen LogP contribution is 2.20. The van der Waals surface area contributed by atoms with Gasteiger partial charge in [0.15, 0.2) is 5.76 Å². The second-order valence-corrected chi connectivity index (χ2v) is 4.91. The van der Waals surface area contributed by atoms with Crippen molar-refractivity contribution in [3.05, 3.63) is 58.3 Å². The standard InChI is InChI=1S/C15H15ClFNO3/c1-2-10-4-6-14(21-10)15(20)18-13(8-19)9-3-5-11(16)12(17)7-9/h3-7,13,19H,2,8H2,1H3,(H,18,20). The monoisotopic (exact) mass is 311 g/mol. The summed E-state index contributed by atoms with van der Waals surface area (Å²) in [5, 5.41) is 12.0. The van der Waals surface area contributed by atoms with E-state index < -0.39 is 17.8 Å². The Balaban J connectivity index is 2.14. The maximum absolute atomic E-state index is 13.4. The van der Waals surface area contributed by atoms with Crippen molar-refractivity contribution in [1.29, 1.82) is 0 Å². The number of aliphatic hydroxyl groups is 1. The van der Waals surface area contributed by atoms with Gasteiger partial charge in [0.05, 0.1) is 17.7 Å². The van der Waals surface area contributed by atoms with E-state index in [0.29, 0.717) is 17.7 Å². The van der Waals surface area contributed by atoms with Crippen LogP contribution in [0.15, 0.2) is 34.7 Å². The molecule has 21 heavy (non-hydrogen) atoms. The summed E-state index contributed by atoms with van der Waals surface area (Å²) in [5.41, 5.74) is 0.426. The Bertz CT molecular complexity index is 642. The lowest BCUT2D eigenvalue weighted by atomic mass is 10.1. The zero-order valence-electron chi connectivity index (χ0n) is 11.4. The van der Waals surface area contributed by atoms with Gasteiger partial charge in [-0.25, -0.2) is 4.39 Å². The van der Waals surface area contributed by atoms with Gasteiger partial charge in [0.2, 0.25) is 0 Å². The van der Waals surface area contributed by atoms with Crippen molar-refractivity contribution in [3.8, 4) is 0 Å². The van der Waals surface area contributed by atoms with Crippen LogP contribution in [0.4, 0.5) is 4.39 Å². The minimum Gasteiger partial charge on any atom is -0.456 e. The number of aliphatic hydroxyl groups excluding tert-OH is 1. The molecule has 2 rings (SSSR count). The van der Waals surface area contributed by atoms with Gasteiger partial charge in [0.25, 0.3) is 5.91 Å². The molecule has 0 radical (unpaired) electrons. The third-order valence-electron chi connectivity index (χ3n) is 3.07. The van der Waals surface area contributed by atoms with E-state index >= 15 is 0 Å². The molecule has 0 saturated carbocycles. The summed E-state index contributed by atoms with van der Waals surface area (Å²) in [4.78, 5) is 12.0. The maximum Gasteiger partial charge on any atom is 0.287 e. The summed E-state index contributed by atoms with van der Waals surface area (Å²) in [7, 11) is 0. The van der Waals surface area contributed by atoms with Crippen molar-refractivity contribution in [2.45, 2.75) is 19.4 Å². The Morgan fingerprint density at radius 1 is 1.43 bits per heavy atom. The van der Waals surface area contributed by atoms with Crippen LogP contribution >= 0.6 is 11.6 Å². The van der Waals surface area contributed by atoms with Gasteiger partial charge in [-0.05, 0) is 29.8 Å². The van der Waals surface area contributed by atoms with Crippen molar-refractivity contribution < 1.29 is 18.7 Å². The Hall–Kier alpha value is -1.85. The summed E-state index contributed by atoms with van der Waals surface area (Å²) < 4.78 is 18.8. The van der Waals surface area contributed by atoms with Crippen molar-refractivity contribution in [3.63, 3.8) is 0 Å². The fourth-order valence-electron chi connectivity index (χ4n) is 1.88. The first-order valence-electron chi connectivity index (χ1n) is 6.50. The average molecular weight is 312 g/mol. The molecule has 1 atom stereocenters. The lowest BCUT2D eigenvalue weighted by molar-refractivity contribution is 0.0886. The van der Waals surface area contributed by atoms with Gasteiger partial charge in [-0.2, -0.15) is 0 Å². The van der Waals surface area contributed by atoms with Gasteiger partial charge in [-0.1, -0.05) is 24.6 Å². The molecule has 112 valence electrons. The maximum atomic E-state index is 13.4. The first-order chi connectivity index (χ1) is 10.0. The fourth-order valence-corrected chi connectivity index (χ4v) is 2.00. The normalized spacial score (nSPS) is 12.2. The Kier molecular flexibility index (Phi) is 4.98. The predicted molar refractivity (Wildman–Crippen MR) is 76.8 cm³/mol. The van der Waals surface area contributed by atoms with E-state index in [2.05, 4.69) is 5.32 Å². The fraction of sp³-hybridized carbons (Fsp3) is 0.267. The van der Waals surface area contributed by atoms with Crippen LogP contribution in [0.1, 0.15) is 34.8 Å². The van der Waals surface area contributed by atoms with E-state index in [-0.39, 0.29) is 17.4 Å². The van der Waals surface area contributed by atoms with Crippen LogP contribution in [0, 0.1) is 5.82 Å². The zero-order chi connectivity index (χ0) is 15.4. The molecule has 0 saturated heterocycles. The zero-order valence-corrected chi connectivity index (χ0v) is 12.2. The molecule has 1 unspecified atom stereocenters. The topological polar surface area (TPSA) is 62.5 Å². The molecule has 4 nitrogen and oxygen atoms in total. The van der Waals surface area contributed by atoms with Gasteiger partial charge in [-0.3, -0.25) is 4.79 Å². The van der Waals surface area contributed by atoms with Crippen LogP contribution in [-0.2, 0) is 6.42 Å². The number of benzene rings is 1. The Morgan fingerprint density at radius 3 is 2.76 bits per heavy atom. The number of amides is 1. The van der Waals surface area contributed by atoms with Crippen LogP contribution in [0.3, 0.4) is 0 Å². The molecule has 0 bridgehead atoms. The van der Waals surface area contributed by atoms with E-state index in [0.717, 1.165) is 0 Å². The van der Waals surface area contributed by atoms with Crippen molar-refractivity contribution in [2.75, 3.05) is 6.61 Å². The molecule has 1 aromatic carbocycles. The molecule has 1 heterocycles. The third-order valence-corrected chi connectivity index (χ3v) is 3.37. The summed E-state index contributed by atoms with van der Waals surface area (Å²) in [6, 6.07) is 6.65.